The van der Waals surface area contributed by atoms with Crippen LogP contribution in [0.2, 0.25) is 0 Å². The zero-order valence-corrected chi connectivity index (χ0v) is 25.6. The first-order chi connectivity index (χ1) is 16.3. The fourth-order valence-corrected chi connectivity index (χ4v) is 5.37. The largest absolute Gasteiger partial charge is 0.251 e. The molecule has 0 aromatic heterocycles. The molecule has 1 aliphatic rings. The highest BCUT2D eigenvalue weighted by molar-refractivity contribution is 4.75. The van der Waals surface area contributed by atoms with Gasteiger partial charge < -0.3 is 0 Å². The molecule has 35 heavy (non-hydrogen) atoms. The van der Waals surface area contributed by atoms with Gasteiger partial charge in [-0.15, -0.1) is 0 Å². The summed E-state index contributed by atoms with van der Waals surface area (Å²) in [5.74, 6) is 5.66. The summed E-state index contributed by atoms with van der Waals surface area (Å²) in [5, 5.41) is 0. The van der Waals surface area contributed by atoms with Crippen molar-refractivity contribution in [1.82, 2.24) is 0 Å². The molecule has 1 saturated carbocycles. The minimum absolute atomic E-state index is 0. The summed E-state index contributed by atoms with van der Waals surface area (Å²) >= 11 is 0. The van der Waals surface area contributed by atoms with Gasteiger partial charge in [0.05, 0.1) is 6.67 Å². The molecule has 0 N–H and O–H groups in total. The fourth-order valence-electron chi connectivity index (χ4n) is 5.37. The third kappa shape index (κ3) is 25.4. The van der Waals surface area contributed by atoms with Gasteiger partial charge in [0.15, 0.2) is 0 Å². The van der Waals surface area contributed by atoms with Gasteiger partial charge in [0.2, 0.25) is 0 Å². The Morgan fingerprint density at radius 1 is 0.686 bits per heavy atom. The molecule has 0 spiro atoms. The summed E-state index contributed by atoms with van der Waals surface area (Å²) < 4.78 is 10.3. The van der Waals surface area contributed by atoms with Crippen LogP contribution >= 0.6 is 0 Å². The topological polar surface area (TPSA) is 0 Å². The van der Waals surface area contributed by atoms with E-state index in [9.17, 15) is 4.39 Å². The van der Waals surface area contributed by atoms with Gasteiger partial charge >= 0.3 is 0 Å². The lowest BCUT2D eigenvalue weighted by molar-refractivity contribution is 0.190. The van der Waals surface area contributed by atoms with E-state index in [0.717, 1.165) is 35.5 Å². The monoisotopic (exact) mass is 501 g/mol. The Kier molecular flexibility index (Phi) is 32.1. The molecule has 1 rings (SSSR count). The van der Waals surface area contributed by atoms with Gasteiger partial charge in [0.25, 0.3) is 0 Å². The van der Waals surface area contributed by atoms with Crippen LogP contribution in [0.3, 0.4) is 0 Å². The normalized spacial score (nSPS) is 16.5. The van der Waals surface area contributed by atoms with Crippen molar-refractivity contribution in [2.24, 2.45) is 35.5 Å². The highest BCUT2D eigenvalue weighted by Crippen LogP contribution is 2.35. The first-order valence-electron chi connectivity index (χ1n) is 15.8. The van der Waals surface area contributed by atoms with Crippen molar-refractivity contribution in [3.8, 4) is 0 Å². The van der Waals surface area contributed by atoms with Gasteiger partial charge in [-0.25, -0.2) is 0 Å². The Morgan fingerprint density at radius 3 is 1.69 bits per heavy atom. The van der Waals surface area contributed by atoms with Gasteiger partial charge in [0.1, 0.15) is 0 Å². The van der Waals surface area contributed by atoms with Crippen LogP contribution in [-0.2, 0) is 0 Å². The van der Waals surface area contributed by atoms with Crippen molar-refractivity contribution in [1.29, 1.82) is 0 Å². The molecule has 0 amide bonds. The number of unbranched alkanes of at least 4 members (excludes halogenated alkanes) is 5. The Morgan fingerprint density at radius 2 is 1.26 bits per heavy atom. The molecule has 1 aliphatic carbocycles. The predicted molar refractivity (Wildman–Crippen MR) is 163 cm³/mol. The molecule has 0 saturated heterocycles. The summed E-state index contributed by atoms with van der Waals surface area (Å²) in [6.45, 7) is 20.3. The van der Waals surface area contributed by atoms with E-state index < -0.39 is 0 Å². The van der Waals surface area contributed by atoms with Crippen molar-refractivity contribution in [2.75, 3.05) is 6.67 Å². The van der Waals surface area contributed by atoms with Gasteiger partial charge in [-0.2, -0.15) is 0 Å². The van der Waals surface area contributed by atoms with E-state index in [1.807, 2.05) is 0 Å². The van der Waals surface area contributed by atoms with Crippen LogP contribution in [-0.4, -0.2) is 6.67 Å². The van der Waals surface area contributed by atoms with E-state index in [-0.39, 0.29) is 14.1 Å². The van der Waals surface area contributed by atoms with Crippen LogP contribution in [0.4, 0.5) is 4.39 Å². The molecule has 0 heterocycles. The molecule has 0 bridgehead atoms. The van der Waals surface area contributed by atoms with Crippen molar-refractivity contribution < 1.29 is 4.39 Å². The molecule has 3 unspecified atom stereocenters. The molecule has 4 atom stereocenters. The Hall–Kier alpha value is -0.0700. The van der Waals surface area contributed by atoms with E-state index in [4.69, 9.17) is 0 Å². The second-order valence-electron chi connectivity index (χ2n) is 12.1. The van der Waals surface area contributed by atoms with Crippen LogP contribution < -0.4 is 0 Å². The molecule has 1 heteroatoms. The van der Waals surface area contributed by atoms with E-state index in [2.05, 4.69) is 55.4 Å². The highest BCUT2D eigenvalue weighted by atomic mass is 19.1. The van der Waals surface area contributed by atoms with Crippen LogP contribution in [0.25, 0.3) is 0 Å². The molecule has 1 fully saturated rings. The van der Waals surface area contributed by atoms with Crippen LogP contribution in [0.15, 0.2) is 0 Å². The molecule has 0 nitrogen and oxygen atoms in total. The SMILES string of the molecule is C.CCCCC.CCC[C@H](C)CC(CCCCCCC1CCC1)C(C)C(C)CCC(C)C.CCF. The Bertz CT molecular complexity index is 371. The molecular weight excluding hydrogens is 427 g/mol. The minimum Gasteiger partial charge on any atom is -0.251 e. The van der Waals surface area contributed by atoms with Gasteiger partial charge in [0, 0.05) is 0 Å². The van der Waals surface area contributed by atoms with Crippen molar-refractivity contribution in [2.45, 2.75) is 179 Å². The Balaban J connectivity index is -0.000000987. The third-order valence-corrected chi connectivity index (χ3v) is 8.20. The number of alkyl halides is 1. The second kappa shape index (κ2) is 28.5. The van der Waals surface area contributed by atoms with Crippen molar-refractivity contribution >= 4 is 0 Å². The summed E-state index contributed by atoms with van der Waals surface area (Å²) in [7, 11) is 0. The average molecular weight is 501 g/mol. The lowest BCUT2D eigenvalue weighted by Crippen LogP contribution is -2.22. The van der Waals surface area contributed by atoms with E-state index in [1.165, 1.54) is 116 Å². The molecule has 0 aromatic rings. The Labute approximate surface area is 225 Å². The number of hydrogen-bond donors (Lipinski definition) is 0. The van der Waals surface area contributed by atoms with Crippen LogP contribution in [0, 0.1) is 35.5 Å². The second-order valence-corrected chi connectivity index (χ2v) is 12.1. The summed E-state index contributed by atoms with van der Waals surface area (Å²) in [6, 6.07) is 0. The number of rotatable bonds is 18. The standard InChI is InChI=1S/C26H52.C5H12.C2H5F.CH4/c1-7-13-22(4)20-26(24(6)23(5)19-18-21(2)3)17-11-9-8-10-14-25-15-12-16-25;1-3-5-4-2;1-2-3;/h21-26H,7-20H2,1-6H3;3-5H2,1-2H3;2H2,1H3;1H4/t22-,23?,24?,26?;;;/m0.../s1. The van der Waals surface area contributed by atoms with E-state index in [0.29, 0.717) is 0 Å². The maximum absolute atomic E-state index is 10.3. The van der Waals surface area contributed by atoms with Crippen molar-refractivity contribution in [3.63, 3.8) is 0 Å². The van der Waals surface area contributed by atoms with Crippen molar-refractivity contribution in [3.05, 3.63) is 0 Å². The first kappa shape index (κ1) is 39.4. The maximum atomic E-state index is 10.3. The minimum atomic E-state index is -0.250. The highest BCUT2D eigenvalue weighted by Gasteiger charge is 2.24. The summed E-state index contributed by atoms with van der Waals surface area (Å²) in [5.41, 5.74) is 0. The lowest BCUT2D eigenvalue weighted by Gasteiger charge is -2.31. The van der Waals surface area contributed by atoms with E-state index >= 15 is 0 Å². The molecule has 0 aromatic carbocycles. The summed E-state index contributed by atoms with van der Waals surface area (Å²) in [6.07, 6.45) is 24.7. The van der Waals surface area contributed by atoms with Gasteiger partial charge in [-0.05, 0) is 48.9 Å². The number of hydrogen-bond acceptors (Lipinski definition) is 0. The van der Waals surface area contributed by atoms with E-state index in [1.54, 1.807) is 0 Å². The third-order valence-electron chi connectivity index (χ3n) is 8.20. The summed E-state index contributed by atoms with van der Waals surface area (Å²) in [4.78, 5) is 0. The zero-order chi connectivity index (χ0) is 26.2. The van der Waals surface area contributed by atoms with Crippen LogP contribution in [0.1, 0.15) is 179 Å². The molecular formula is C34H73F. The zero-order valence-electron chi connectivity index (χ0n) is 25.6. The quantitative estimate of drug-likeness (QED) is 0.164. The molecule has 0 radical (unpaired) electrons. The first-order valence-corrected chi connectivity index (χ1v) is 15.8. The van der Waals surface area contributed by atoms with Crippen LogP contribution in [0.5, 0.6) is 0 Å². The average Bonchev–Trinajstić information content (AvgIpc) is 2.76. The molecule has 216 valence electrons. The maximum Gasteiger partial charge on any atom is 0.0866 e. The predicted octanol–water partition coefficient (Wildman–Crippen LogP) is 13.1. The molecule has 0 aliphatic heterocycles. The fraction of sp³-hybridized carbons (Fsp3) is 1.00. The number of halogens is 1. The smallest absolute Gasteiger partial charge is 0.0866 e. The lowest BCUT2D eigenvalue weighted by atomic mass is 9.74. The van der Waals surface area contributed by atoms with Gasteiger partial charge in [-0.1, -0.05) is 166 Å². The van der Waals surface area contributed by atoms with Gasteiger partial charge in [-0.3, -0.25) is 4.39 Å².